The number of aromatic carboxylic acids is 1. The van der Waals surface area contributed by atoms with Gasteiger partial charge in [-0.25, -0.2) is 18.3 Å². The van der Waals surface area contributed by atoms with Crippen molar-refractivity contribution >= 4 is 17.6 Å². The molecule has 2 aliphatic rings. The average molecular weight is 495 g/mol. The van der Waals surface area contributed by atoms with Crippen molar-refractivity contribution in [3.8, 4) is 5.69 Å². The molecule has 1 amide bonds. The average Bonchev–Trinajstić information content (AvgIpc) is 3.66. The van der Waals surface area contributed by atoms with Crippen LogP contribution >= 0.6 is 0 Å². The summed E-state index contributed by atoms with van der Waals surface area (Å²) in [6.07, 6.45) is 5.57. The number of hydrogen-bond acceptors (Lipinski definition) is 5. The number of ether oxygens (including phenoxy) is 1. The van der Waals surface area contributed by atoms with Crippen LogP contribution in [0.1, 0.15) is 57.3 Å². The lowest BCUT2D eigenvalue weighted by molar-refractivity contribution is -0.625. The first-order chi connectivity index (χ1) is 17.4. The van der Waals surface area contributed by atoms with Crippen LogP contribution in [0.3, 0.4) is 0 Å². The Balaban J connectivity index is 1.29. The summed E-state index contributed by atoms with van der Waals surface area (Å²) in [7, 11) is 0. The molecular formula is C24H21F2N6O4+. The predicted molar refractivity (Wildman–Crippen MR) is 119 cm³/mol. The first-order valence-corrected chi connectivity index (χ1v) is 11.4. The molecule has 10 nitrogen and oxygen atoms in total. The van der Waals surface area contributed by atoms with Crippen molar-refractivity contribution in [3.63, 3.8) is 0 Å². The molecule has 1 aliphatic heterocycles. The van der Waals surface area contributed by atoms with Crippen LogP contribution < -0.4 is 9.83 Å². The summed E-state index contributed by atoms with van der Waals surface area (Å²) >= 11 is 0. The minimum atomic E-state index is -2.94. The molecule has 1 aromatic carbocycles. The van der Waals surface area contributed by atoms with Crippen molar-refractivity contribution in [2.24, 2.45) is 5.92 Å². The van der Waals surface area contributed by atoms with Crippen molar-refractivity contribution in [3.05, 3.63) is 77.6 Å². The summed E-state index contributed by atoms with van der Waals surface area (Å²) in [6, 6.07) is 7.56. The number of carbonyl (C=O) groups excluding carboxylic acids is 1. The van der Waals surface area contributed by atoms with E-state index in [1.54, 1.807) is 10.7 Å². The molecular weight excluding hydrogens is 474 g/mol. The molecule has 2 bridgehead atoms. The largest absolute Gasteiger partial charge is 0.478 e. The Labute approximate surface area is 202 Å². The number of amides is 1. The fourth-order valence-electron chi connectivity index (χ4n) is 5.08. The maximum absolute atomic E-state index is 13.7. The van der Waals surface area contributed by atoms with E-state index in [2.05, 4.69) is 15.5 Å². The zero-order valence-electron chi connectivity index (χ0n) is 18.8. The highest BCUT2D eigenvalue weighted by Gasteiger charge is 2.42. The number of fused-ring (bicyclic) bond motifs is 3. The molecule has 1 saturated carbocycles. The summed E-state index contributed by atoms with van der Waals surface area (Å²) in [5.41, 5.74) is 0.912. The summed E-state index contributed by atoms with van der Waals surface area (Å²) in [6.45, 7) is 0.733. The minimum absolute atomic E-state index is 0.0518. The number of anilines is 1. The number of carbonyl (C=O) groups is 2. The highest BCUT2D eigenvalue weighted by atomic mass is 19.3. The third kappa shape index (κ3) is 3.79. The number of carboxylic acids is 1. The van der Waals surface area contributed by atoms with Gasteiger partial charge in [0, 0.05) is 5.10 Å². The number of nitrogens with zero attached hydrogens (tertiary/aromatic N) is 5. The third-order valence-electron chi connectivity index (χ3n) is 6.87. The van der Waals surface area contributed by atoms with E-state index in [0.717, 1.165) is 25.0 Å². The van der Waals surface area contributed by atoms with Gasteiger partial charge >= 0.3 is 11.9 Å². The van der Waals surface area contributed by atoms with Gasteiger partial charge in [0.2, 0.25) is 6.20 Å². The van der Waals surface area contributed by atoms with Gasteiger partial charge in [-0.15, -0.1) is 4.52 Å². The van der Waals surface area contributed by atoms with Crippen molar-refractivity contribution in [2.75, 3.05) is 11.9 Å². The normalized spacial score (nSPS) is 20.9. The van der Waals surface area contributed by atoms with Gasteiger partial charge in [0.05, 0.1) is 42.0 Å². The van der Waals surface area contributed by atoms with E-state index in [9.17, 15) is 18.4 Å². The maximum Gasteiger partial charge on any atom is 0.335 e. The molecule has 12 heteroatoms. The van der Waals surface area contributed by atoms with Crippen LogP contribution in [-0.2, 0) is 4.74 Å². The van der Waals surface area contributed by atoms with Crippen LogP contribution in [-0.4, -0.2) is 49.2 Å². The molecule has 2 N–H and O–H groups in total. The Bertz CT molecular complexity index is 1480. The van der Waals surface area contributed by atoms with E-state index < -0.39 is 24.0 Å². The van der Waals surface area contributed by atoms with Crippen molar-refractivity contribution in [2.45, 2.75) is 31.3 Å². The Hall–Kier alpha value is -4.19. The van der Waals surface area contributed by atoms with E-state index in [-0.39, 0.29) is 23.0 Å². The summed E-state index contributed by atoms with van der Waals surface area (Å²) in [4.78, 5) is 24.2. The van der Waals surface area contributed by atoms with Crippen LogP contribution in [0.4, 0.5) is 14.5 Å². The molecule has 36 heavy (non-hydrogen) atoms. The molecule has 2 fully saturated rings. The van der Waals surface area contributed by atoms with Crippen LogP contribution in [0.25, 0.3) is 5.69 Å². The SMILES string of the molecule is O=C(O)c1ccc(-n2cc(NC(=O)c3cnn4ccc(C5C[C@H]6CC5CO6)c[n+]34)c(C(F)F)n2)cc1. The first-order valence-electron chi connectivity index (χ1n) is 11.4. The molecule has 4 heterocycles. The zero-order chi connectivity index (χ0) is 25.0. The summed E-state index contributed by atoms with van der Waals surface area (Å²) in [5, 5.41) is 19.7. The molecule has 4 aromatic rings. The van der Waals surface area contributed by atoms with E-state index >= 15 is 0 Å². The van der Waals surface area contributed by atoms with Crippen molar-refractivity contribution < 1.29 is 32.7 Å². The Morgan fingerprint density at radius 1 is 1.19 bits per heavy atom. The highest BCUT2D eigenvalue weighted by Crippen LogP contribution is 2.45. The standard InChI is InChI=1S/C24H20F2N6O4/c25-22(26)21-19(11-30(29-21)16-3-1-13(2-4-16)24(34)35)28-23(33)20-9-27-32-6-5-14(10-31(20)32)18-8-17-7-15(18)12-36-17/h1-6,9-11,15,17-18,22H,7-8,12H2,(H-,27,28,33,34,35)/p+1/t15?,17-,18?/m1/s1. The second kappa shape index (κ2) is 8.48. The van der Waals surface area contributed by atoms with E-state index in [1.807, 2.05) is 12.3 Å². The number of alkyl halides is 2. The fraction of sp³-hybridized carbons (Fsp3) is 0.292. The van der Waals surface area contributed by atoms with E-state index in [0.29, 0.717) is 17.5 Å². The Morgan fingerprint density at radius 3 is 2.67 bits per heavy atom. The van der Waals surface area contributed by atoms with Gasteiger partial charge in [-0.1, -0.05) is 0 Å². The highest BCUT2D eigenvalue weighted by molar-refractivity contribution is 6.02. The van der Waals surface area contributed by atoms with Crippen molar-refractivity contribution in [1.29, 1.82) is 0 Å². The third-order valence-corrected chi connectivity index (χ3v) is 6.87. The topological polar surface area (TPSA) is 115 Å². The molecule has 1 saturated heterocycles. The first kappa shape index (κ1) is 22.3. The lowest BCUT2D eigenvalue weighted by Gasteiger charge is -2.21. The van der Waals surface area contributed by atoms with Crippen LogP contribution in [0.15, 0.2) is 55.1 Å². The lowest BCUT2D eigenvalue weighted by Crippen LogP contribution is -2.37. The monoisotopic (exact) mass is 495 g/mol. The smallest absolute Gasteiger partial charge is 0.335 e. The molecule has 3 aromatic heterocycles. The van der Waals surface area contributed by atoms with E-state index in [1.165, 1.54) is 46.0 Å². The van der Waals surface area contributed by atoms with Crippen LogP contribution in [0.5, 0.6) is 0 Å². The lowest BCUT2D eigenvalue weighted by atomic mass is 9.90. The number of hydrogen-bond donors (Lipinski definition) is 2. The summed E-state index contributed by atoms with van der Waals surface area (Å²) in [5.74, 6) is -0.942. The number of halogens is 2. The second-order valence-electron chi connectivity index (χ2n) is 9.01. The summed E-state index contributed by atoms with van der Waals surface area (Å²) < 4.78 is 37.4. The van der Waals surface area contributed by atoms with Gasteiger partial charge in [-0.2, -0.15) is 5.10 Å². The zero-order valence-corrected chi connectivity index (χ0v) is 18.8. The van der Waals surface area contributed by atoms with Crippen LogP contribution in [0.2, 0.25) is 0 Å². The van der Waals surface area contributed by atoms with Crippen LogP contribution in [0, 0.1) is 5.92 Å². The van der Waals surface area contributed by atoms with Gasteiger partial charge in [-0.05, 0) is 65.2 Å². The van der Waals surface area contributed by atoms with E-state index in [4.69, 9.17) is 9.84 Å². The second-order valence-corrected chi connectivity index (χ2v) is 9.01. The number of nitrogens with one attached hydrogen (secondary N) is 1. The predicted octanol–water partition coefficient (Wildman–Crippen LogP) is 2.89. The van der Waals surface area contributed by atoms with Gasteiger partial charge in [-0.3, -0.25) is 4.79 Å². The van der Waals surface area contributed by atoms with Gasteiger partial charge in [0.15, 0.2) is 5.69 Å². The Kier molecular flexibility index (Phi) is 5.25. The molecule has 6 rings (SSSR count). The Morgan fingerprint density at radius 2 is 2.00 bits per heavy atom. The fourth-order valence-corrected chi connectivity index (χ4v) is 5.08. The molecule has 3 atom stereocenters. The molecule has 1 aliphatic carbocycles. The number of aromatic nitrogens is 5. The number of benzene rings is 1. The quantitative estimate of drug-likeness (QED) is 0.398. The maximum atomic E-state index is 13.7. The molecule has 0 spiro atoms. The molecule has 0 radical (unpaired) electrons. The van der Waals surface area contributed by atoms with Crippen molar-refractivity contribution in [1.82, 2.24) is 19.5 Å². The molecule has 2 unspecified atom stereocenters. The molecule has 184 valence electrons. The van der Waals surface area contributed by atoms with Gasteiger partial charge in [0.25, 0.3) is 12.1 Å². The number of carboxylic acid groups (broad SMARTS) is 1. The minimum Gasteiger partial charge on any atom is -0.478 e. The van der Waals surface area contributed by atoms with Gasteiger partial charge < -0.3 is 15.2 Å². The van der Waals surface area contributed by atoms with Gasteiger partial charge in [0.1, 0.15) is 6.20 Å². The number of rotatable bonds is 6.